The lowest BCUT2D eigenvalue weighted by molar-refractivity contribution is -0.135. The molecule has 0 heterocycles. The maximum Gasteiger partial charge on any atom is 0.317 e. The van der Waals surface area contributed by atoms with Gasteiger partial charge in [0.25, 0.3) is 0 Å². The number of carboxylic acid groups (broad SMARTS) is 1. The molecule has 3 nitrogen and oxygen atoms in total. The summed E-state index contributed by atoms with van der Waals surface area (Å²) in [5.74, 6) is -0.903. The molecule has 0 radical (unpaired) electrons. The average molecular weight is 190 g/mol. The molecule has 0 aromatic heterocycles. The third-order valence-corrected chi connectivity index (χ3v) is 1.69. The minimum Gasteiger partial charge on any atom is -0.480 e. The molecular formula is C3H6Cl2NO2P. The van der Waals surface area contributed by atoms with Gasteiger partial charge in [-0.2, -0.15) is 0 Å². The molecule has 0 aromatic carbocycles. The van der Waals surface area contributed by atoms with Crippen LogP contribution < -0.4 is 5.32 Å². The molecule has 0 saturated carbocycles. The molecule has 0 aliphatic heterocycles. The molecule has 0 aliphatic carbocycles. The Balaban J connectivity index is 3.01. The predicted octanol–water partition coefficient (Wildman–Crippen LogP) is 1.41. The van der Waals surface area contributed by atoms with Gasteiger partial charge in [-0.1, -0.05) is 22.5 Å². The maximum atomic E-state index is 9.84. The molecule has 9 heavy (non-hydrogen) atoms. The first-order chi connectivity index (χ1) is 4.13. The van der Waals surface area contributed by atoms with Crippen molar-refractivity contribution in [1.82, 2.24) is 5.32 Å². The lowest BCUT2D eigenvalue weighted by atomic mass is 10.7. The number of rotatable bonds is 4. The molecule has 2 N–H and O–H groups in total. The van der Waals surface area contributed by atoms with Crippen molar-refractivity contribution in [2.45, 2.75) is 0 Å². The quantitative estimate of drug-likeness (QED) is 0.658. The highest BCUT2D eigenvalue weighted by atomic mass is 35.9. The van der Waals surface area contributed by atoms with E-state index in [4.69, 9.17) is 27.6 Å². The van der Waals surface area contributed by atoms with E-state index < -0.39 is 12.6 Å². The fourth-order valence-corrected chi connectivity index (χ4v) is 1.04. The summed E-state index contributed by atoms with van der Waals surface area (Å²) < 4.78 is 0. The topological polar surface area (TPSA) is 49.3 Å². The Hall–Kier alpha value is 0.440. The summed E-state index contributed by atoms with van der Waals surface area (Å²) >= 11 is 10.7. The Morgan fingerprint density at radius 1 is 1.67 bits per heavy atom. The summed E-state index contributed by atoms with van der Waals surface area (Å²) in [6.45, 7) is -1.15. The van der Waals surface area contributed by atoms with E-state index in [2.05, 4.69) is 5.32 Å². The van der Waals surface area contributed by atoms with Crippen LogP contribution in [0.25, 0.3) is 0 Å². The van der Waals surface area contributed by atoms with Gasteiger partial charge in [0.05, 0.1) is 13.2 Å². The fourth-order valence-electron chi connectivity index (χ4n) is 0.247. The van der Waals surface area contributed by atoms with Crippen LogP contribution in [-0.2, 0) is 4.79 Å². The molecule has 0 spiro atoms. The number of hydrogen-bond donors (Lipinski definition) is 2. The summed E-state index contributed by atoms with van der Waals surface area (Å²) in [7, 11) is 0. The molecule has 0 aromatic rings. The van der Waals surface area contributed by atoms with Gasteiger partial charge in [0.15, 0.2) is 0 Å². The Morgan fingerprint density at radius 2 is 2.22 bits per heavy atom. The smallest absolute Gasteiger partial charge is 0.317 e. The Morgan fingerprint density at radius 3 is 2.56 bits per heavy atom. The monoisotopic (exact) mass is 189 g/mol. The van der Waals surface area contributed by atoms with Gasteiger partial charge >= 0.3 is 5.97 Å². The Kier molecular flexibility index (Phi) is 5.50. The largest absolute Gasteiger partial charge is 0.480 e. The highest BCUT2D eigenvalue weighted by molar-refractivity contribution is 8.03. The first-order valence-corrected chi connectivity index (χ1v) is 5.48. The molecule has 0 aliphatic rings. The summed E-state index contributed by atoms with van der Waals surface area (Å²) in [5.41, 5.74) is 0. The number of carbonyl (C=O) groups is 1. The fraction of sp³-hybridized carbons (Fsp3) is 0.667. The van der Waals surface area contributed by atoms with E-state index in [0.29, 0.717) is 6.29 Å². The van der Waals surface area contributed by atoms with Gasteiger partial charge in [-0.15, -0.1) is 0 Å². The summed E-state index contributed by atoms with van der Waals surface area (Å²) in [6, 6.07) is 0. The van der Waals surface area contributed by atoms with E-state index in [0.717, 1.165) is 0 Å². The van der Waals surface area contributed by atoms with Crippen molar-refractivity contribution in [3.05, 3.63) is 0 Å². The maximum absolute atomic E-state index is 9.84. The number of halogens is 2. The predicted molar refractivity (Wildman–Crippen MR) is 39.1 cm³/mol. The summed E-state index contributed by atoms with van der Waals surface area (Å²) in [4.78, 5) is 9.84. The van der Waals surface area contributed by atoms with E-state index in [1.165, 1.54) is 0 Å². The van der Waals surface area contributed by atoms with Crippen molar-refractivity contribution in [3.8, 4) is 0 Å². The molecule has 6 heteroatoms. The lowest BCUT2D eigenvalue weighted by Crippen LogP contribution is -2.21. The van der Waals surface area contributed by atoms with Gasteiger partial charge in [0.2, 0.25) is 0 Å². The number of carboxylic acids is 1. The third kappa shape index (κ3) is 8.44. The van der Waals surface area contributed by atoms with Crippen molar-refractivity contribution in [3.63, 3.8) is 0 Å². The van der Waals surface area contributed by atoms with Crippen LogP contribution in [0.5, 0.6) is 0 Å². The molecule has 0 saturated heterocycles. The zero-order valence-electron chi connectivity index (χ0n) is 4.47. The van der Waals surface area contributed by atoms with Crippen molar-refractivity contribution in [2.24, 2.45) is 0 Å². The van der Waals surface area contributed by atoms with Crippen LogP contribution in [0.4, 0.5) is 0 Å². The summed E-state index contributed by atoms with van der Waals surface area (Å²) in [6.07, 6.45) is 0.366. The molecule has 0 atom stereocenters. The number of nitrogens with one attached hydrogen (secondary N) is 1. The van der Waals surface area contributed by atoms with E-state index in [-0.39, 0.29) is 6.54 Å². The standard InChI is InChI=1S/C3H6Cl2NO2P/c4-9(5)2-6-1-3(7)8/h6H,1-2H2,(H,7,8). The van der Waals surface area contributed by atoms with Crippen molar-refractivity contribution >= 4 is 35.1 Å². The van der Waals surface area contributed by atoms with E-state index in [9.17, 15) is 4.79 Å². The molecule has 0 unspecified atom stereocenters. The van der Waals surface area contributed by atoms with Gasteiger partial charge < -0.3 is 10.4 Å². The van der Waals surface area contributed by atoms with Crippen LogP contribution in [0.15, 0.2) is 0 Å². The first kappa shape index (κ1) is 9.44. The average Bonchev–Trinajstić information content (AvgIpc) is 1.63. The molecule has 0 rings (SSSR count). The van der Waals surface area contributed by atoms with Gasteiger partial charge in [0.1, 0.15) is 0 Å². The van der Waals surface area contributed by atoms with Crippen LogP contribution in [0, 0.1) is 0 Å². The highest BCUT2D eigenvalue weighted by Gasteiger charge is 1.99. The SMILES string of the molecule is O=C(O)CNCP(Cl)Cl. The van der Waals surface area contributed by atoms with Crippen molar-refractivity contribution < 1.29 is 9.90 Å². The van der Waals surface area contributed by atoms with E-state index in [1.807, 2.05) is 0 Å². The van der Waals surface area contributed by atoms with Gasteiger partial charge in [-0.05, 0) is 0 Å². The second-order valence-electron chi connectivity index (χ2n) is 1.28. The highest BCUT2D eigenvalue weighted by Crippen LogP contribution is 2.44. The Bertz CT molecular complexity index is 99.8. The van der Waals surface area contributed by atoms with Gasteiger partial charge in [0, 0.05) is 6.29 Å². The molecule has 0 bridgehead atoms. The second kappa shape index (κ2) is 5.24. The van der Waals surface area contributed by atoms with Crippen molar-refractivity contribution in [2.75, 3.05) is 12.8 Å². The van der Waals surface area contributed by atoms with E-state index >= 15 is 0 Å². The van der Waals surface area contributed by atoms with Crippen LogP contribution in [0.2, 0.25) is 0 Å². The zero-order chi connectivity index (χ0) is 7.28. The van der Waals surface area contributed by atoms with Gasteiger partial charge in [-0.3, -0.25) is 4.79 Å². The second-order valence-corrected chi connectivity index (χ2v) is 5.17. The minimum absolute atomic E-state index is 0.0850. The van der Waals surface area contributed by atoms with E-state index in [1.54, 1.807) is 0 Å². The third-order valence-electron chi connectivity index (χ3n) is 0.508. The van der Waals surface area contributed by atoms with Crippen molar-refractivity contribution in [1.29, 1.82) is 0 Å². The zero-order valence-corrected chi connectivity index (χ0v) is 6.88. The Labute approximate surface area is 63.7 Å². The van der Waals surface area contributed by atoms with Crippen LogP contribution in [-0.4, -0.2) is 23.9 Å². The lowest BCUT2D eigenvalue weighted by Gasteiger charge is -1.98. The van der Waals surface area contributed by atoms with Crippen LogP contribution in [0.1, 0.15) is 0 Å². The molecule has 0 fully saturated rings. The minimum atomic E-state index is -1.06. The number of aliphatic carboxylic acids is 1. The van der Waals surface area contributed by atoms with Gasteiger partial charge in [-0.25, -0.2) is 0 Å². The molecule has 0 amide bonds. The summed E-state index contributed by atoms with van der Waals surface area (Å²) in [5, 5.41) is 10.6. The normalized spacial score (nSPS) is 10.1. The number of hydrogen-bond acceptors (Lipinski definition) is 2. The van der Waals surface area contributed by atoms with Crippen LogP contribution in [0.3, 0.4) is 0 Å². The molecule has 54 valence electrons. The molecular weight excluding hydrogens is 184 g/mol. The van der Waals surface area contributed by atoms with Crippen LogP contribution >= 0.6 is 29.1 Å². The first-order valence-electron chi connectivity index (χ1n) is 2.14.